The predicted octanol–water partition coefficient (Wildman–Crippen LogP) is 5.91. The van der Waals surface area contributed by atoms with Crippen molar-refractivity contribution in [2.45, 2.75) is 61.7 Å². The van der Waals surface area contributed by atoms with Crippen LogP contribution in [0.5, 0.6) is 0 Å². The van der Waals surface area contributed by atoms with E-state index in [0.29, 0.717) is 17.1 Å². The van der Waals surface area contributed by atoms with E-state index in [1.54, 1.807) is 45.2 Å². The molecule has 0 spiro atoms. The predicted molar refractivity (Wildman–Crippen MR) is 160 cm³/mol. The number of aromatic carboxylic acids is 1. The molecular formula is C22H16F5I4O9S-. The van der Waals surface area contributed by atoms with Crippen LogP contribution in [0.4, 0.5) is 22.0 Å². The highest BCUT2D eigenvalue weighted by Crippen LogP contribution is 2.63. The summed E-state index contributed by atoms with van der Waals surface area (Å²) in [5.41, 5.74) is -3.82. The highest BCUT2D eigenvalue weighted by molar-refractivity contribution is 14.1. The molecule has 1 aromatic rings. The van der Waals surface area contributed by atoms with Gasteiger partial charge in [0.25, 0.3) is 6.10 Å². The molecule has 3 unspecified atom stereocenters. The number of alkyl halides is 5. The zero-order valence-corrected chi connectivity index (χ0v) is 29.4. The van der Waals surface area contributed by atoms with Gasteiger partial charge >= 0.3 is 29.3 Å². The Bertz CT molecular complexity index is 1440. The summed E-state index contributed by atoms with van der Waals surface area (Å²) in [7, 11) is -6.87. The van der Waals surface area contributed by atoms with E-state index >= 15 is 0 Å². The fourth-order valence-electron chi connectivity index (χ4n) is 6.50. The second kappa shape index (κ2) is 11.2. The van der Waals surface area contributed by atoms with Crippen LogP contribution in [-0.2, 0) is 24.4 Å². The summed E-state index contributed by atoms with van der Waals surface area (Å²) in [5, 5.41) is 3.86. The van der Waals surface area contributed by atoms with E-state index in [1.807, 2.05) is 45.2 Å². The molecule has 0 saturated heterocycles. The van der Waals surface area contributed by atoms with Crippen molar-refractivity contribution >= 4 is 118 Å². The normalized spacial score (nSPS) is 28.3. The number of hydrogen-bond acceptors (Lipinski definition) is 8. The zero-order chi connectivity index (χ0) is 31.1. The van der Waals surface area contributed by atoms with Gasteiger partial charge in [-0.15, -0.1) is 0 Å². The van der Waals surface area contributed by atoms with Crippen molar-refractivity contribution in [3.8, 4) is 0 Å². The Morgan fingerprint density at radius 1 is 0.902 bits per heavy atom. The van der Waals surface area contributed by atoms with E-state index in [1.165, 1.54) is 0 Å². The number of carbonyl (C=O) groups is 3. The largest absolute Gasteiger partial charge is 0.743 e. The Hall–Kier alpha value is 0.110. The summed E-state index contributed by atoms with van der Waals surface area (Å²) >= 11 is 7.47. The topological polar surface area (TPSA) is 147 Å². The minimum absolute atomic E-state index is 0.0842. The van der Waals surface area contributed by atoms with Crippen LogP contribution in [0.25, 0.3) is 0 Å². The highest BCUT2D eigenvalue weighted by Gasteiger charge is 2.67. The van der Waals surface area contributed by atoms with Crippen LogP contribution >= 0.6 is 90.4 Å². The average molecular weight is 1060 g/mol. The van der Waals surface area contributed by atoms with Gasteiger partial charge in [0.1, 0.15) is 5.60 Å². The maximum Gasteiger partial charge on any atom is 0.432 e. The van der Waals surface area contributed by atoms with Crippen molar-refractivity contribution in [2.24, 2.45) is 17.3 Å². The summed E-state index contributed by atoms with van der Waals surface area (Å²) in [6.07, 6.45) is -10.3. The molecule has 228 valence electrons. The SMILES string of the molecule is O=C(O)c1c(I)c(I)c(I)c(I)c1C(=O)OC12CC3CC(C1)CC(C(=O)OC(C(F)(F)F)C(F)(F)S(=O)(=O)[O-])(C3)C2. The molecule has 4 aliphatic rings. The molecule has 3 atom stereocenters. The minimum atomic E-state index is -6.87. The first-order valence-electron chi connectivity index (χ1n) is 11.5. The Labute approximate surface area is 283 Å². The van der Waals surface area contributed by atoms with Gasteiger partial charge in [0, 0.05) is 20.7 Å². The van der Waals surface area contributed by atoms with Gasteiger partial charge in [-0.25, -0.2) is 18.0 Å². The average Bonchev–Trinajstić information content (AvgIpc) is 2.79. The van der Waals surface area contributed by atoms with Gasteiger partial charge < -0.3 is 19.1 Å². The Balaban J connectivity index is 1.70. The van der Waals surface area contributed by atoms with Crippen LogP contribution in [0.15, 0.2) is 0 Å². The second-order valence-corrected chi connectivity index (χ2v) is 16.2. The molecule has 0 heterocycles. The molecular weight excluding hydrogens is 1040 g/mol. The third kappa shape index (κ3) is 6.05. The first kappa shape index (κ1) is 34.0. The standard InChI is InChI=1S/C22H17F5I4O9S/c23-21(24,25)17(22(26,27)41(36,37)38)39-18(35)19-2-7-1-8(3-19)5-20(4-7,6-19)40-16(34)10-9(15(32)33)11(28)13(30)14(31)12(10)29/h7-8,17H,1-6H2,(H,32,33)(H,36,37,38)/p-1. The molecule has 4 bridgehead atoms. The lowest BCUT2D eigenvalue weighted by Crippen LogP contribution is -2.61. The summed E-state index contributed by atoms with van der Waals surface area (Å²) in [4.78, 5) is 38.8. The van der Waals surface area contributed by atoms with Gasteiger partial charge in [0.15, 0.2) is 10.1 Å². The Kier molecular flexibility index (Phi) is 9.26. The van der Waals surface area contributed by atoms with E-state index in [0.717, 1.165) is 0 Å². The summed E-state index contributed by atoms with van der Waals surface area (Å²) < 4.78 is 113. The van der Waals surface area contributed by atoms with Gasteiger partial charge in [-0.2, -0.15) is 22.0 Å². The first-order valence-corrected chi connectivity index (χ1v) is 17.2. The molecule has 1 aromatic carbocycles. The van der Waals surface area contributed by atoms with E-state index in [9.17, 15) is 54.4 Å². The molecule has 0 aliphatic heterocycles. The maximum atomic E-state index is 14.1. The molecule has 4 aliphatic carbocycles. The van der Waals surface area contributed by atoms with E-state index in [4.69, 9.17) is 4.74 Å². The minimum Gasteiger partial charge on any atom is -0.743 e. The van der Waals surface area contributed by atoms with E-state index in [-0.39, 0.29) is 52.2 Å². The Morgan fingerprint density at radius 2 is 1.39 bits per heavy atom. The van der Waals surface area contributed by atoms with Crippen LogP contribution in [0.1, 0.15) is 59.2 Å². The van der Waals surface area contributed by atoms with E-state index in [2.05, 4.69) is 4.74 Å². The van der Waals surface area contributed by atoms with Crippen molar-refractivity contribution < 1.29 is 63.9 Å². The number of carboxylic acid groups (broad SMARTS) is 1. The van der Waals surface area contributed by atoms with Crippen LogP contribution in [0, 0.1) is 31.5 Å². The second-order valence-electron chi connectivity index (χ2n) is 10.5. The molecule has 9 nitrogen and oxygen atoms in total. The lowest BCUT2D eigenvalue weighted by molar-refractivity contribution is -0.269. The van der Waals surface area contributed by atoms with Crippen LogP contribution < -0.4 is 0 Å². The molecule has 5 rings (SSSR count). The smallest absolute Gasteiger partial charge is 0.432 e. The number of carbonyl (C=O) groups excluding carboxylic acids is 2. The van der Waals surface area contributed by atoms with Gasteiger partial charge in [-0.3, -0.25) is 4.79 Å². The lowest BCUT2D eigenvalue weighted by Gasteiger charge is -2.59. The van der Waals surface area contributed by atoms with Gasteiger partial charge in [-0.05, 0) is 134 Å². The van der Waals surface area contributed by atoms with Crippen molar-refractivity contribution in [1.82, 2.24) is 0 Å². The molecule has 19 heteroatoms. The van der Waals surface area contributed by atoms with Crippen LogP contribution in [0.3, 0.4) is 0 Å². The third-order valence-electron chi connectivity index (χ3n) is 7.60. The number of esters is 2. The quantitative estimate of drug-likeness (QED) is 0.0880. The maximum absolute atomic E-state index is 14.1. The first-order chi connectivity index (χ1) is 18.6. The molecule has 4 saturated carbocycles. The van der Waals surface area contributed by atoms with Gasteiger partial charge in [0.2, 0.25) is 0 Å². The van der Waals surface area contributed by atoms with Crippen LogP contribution in [0.2, 0.25) is 0 Å². The third-order valence-corrected chi connectivity index (χ3v) is 15.9. The van der Waals surface area contributed by atoms with Gasteiger partial charge in [0.05, 0.1) is 16.5 Å². The summed E-state index contributed by atoms with van der Waals surface area (Å²) in [6, 6.07) is 0. The summed E-state index contributed by atoms with van der Waals surface area (Å²) in [5.74, 6) is -4.94. The number of halogens is 9. The van der Waals surface area contributed by atoms with Crippen molar-refractivity contribution in [1.29, 1.82) is 0 Å². The molecule has 0 radical (unpaired) electrons. The molecule has 1 N–H and O–H groups in total. The fraction of sp³-hybridized carbons (Fsp3) is 0.591. The summed E-state index contributed by atoms with van der Waals surface area (Å²) in [6.45, 7) is 0. The van der Waals surface area contributed by atoms with Crippen molar-refractivity contribution in [3.05, 3.63) is 25.4 Å². The van der Waals surface area contributed by atoms with Crippen molar-refractivity contribution in [2.75, 3.05) is 0 Å². The number of ether oxygens (including phenoxy) is 2. The molecule has 0 amide bonds. The molecule has 0 aromatic heterocycles. The monoisotopic (exact) mass is 1060 g/mol. The Morgan fingerprint density at radius 3 is 1.83 bits per heavy atom. The van der Waals surface area contributed by atoms with E-state index < -0.39 is 63.0 Å². The number of hydrogen-bond donors (Lipinski definition) is 1. The highest BCUT2D eigenvalue weighted by atomic mass is 127. The van der Waals surface area contributed by atoms with Crippen molar-refractivity contribution in [3.63, 3.8) is 0 Å². The fourth-order valence-corrected chi connectivity index (χ4v) is 10.6. The zero-order valence-electron chi connectivity index (χ0n) is 20.0. The number of benzene rings is 1. The number of rotatable bonds is 7. The number of carboxylic acids is 1. The lowest BCUT2D eigenvalue weighted by atomic mass is 9.48. The molecule has 41 heavy (non-hydrogen) atoms. The van der Waals surface area contributed by atoms with Crippen LogP contribution in [-0.4, -0.2) is 59.1 Å². The van der Waals surface area contributed by atoms with Gasteiger partial charge in [-0.1, -0.05) is 0 Å². The molecule has 4 fully saturated rings.